The number of H-pyrrole nitrogens is 1. The Hall–Kier alpha value is -1.36. The van der Waals surface area contributed by atoms with E-state index in [2.05, 4.69) is 20.6 Å². The topological polar surface area (TPSA) is 69.8 Å². The van der Waals surface area contributed by atoms with Crippen molar-refractivity contribution in [2.75, 3.05) is 13.1 Å². The van der Waals surface area contributed by atoms with Crippen LogP contribution in [0.2, 0.25) is 0 Å². The maximum Gasteiger partial charge on any atom is 0.233 e. The van der Waals surface area contributed by atoms with E-state index in [4.69, 9.17) is 0 Å². The number of nitrogens with one attached hydrogen (secondary N) is 3. The molecule has 5 nitrogen and oxygen atoms in total. The van der Waals surface area contributed by atoms with Crippen LogP contribution < -0.4 is 10.6 Å². The van der Waals surface area contributed by atoms with Gasteiger partial charge in [0.15, 0.2) is 0 Å². The standard InChI is InChI=1S/C10H18N4O/c1-3-4-12-10(15)6-11-5-9-8(2)13-7-14-9/h7,11H,3-6H2,1-2H3,(H,12,15)(H,13,14). The van der Waals surface area contributed by atoms with Gasteiger partial charge in [-0.2, -0.15) is 0 Å². The summed E-state index contributed by atoms with van der Waals surface area (Å²) in [7, 11) is 0. The third kappa shape index (κ3) is 4.12. The highest BCUT2D eigenvalue weighted by molar-refractivity contribution is 5.77. The van der Waals surface area contributed by atoms with Crippen LogP contribution in [0.4, 0.5) is 0 Å². The predicted octanol–water partition coefficient (Wildman–Crippen LogP) is 0.334. The first-order chi connectivity index (χ1) is 7.24. The van der Waals surface area contributed by atoms with Gasteiger partial charge >= 0.3 is 0 Å². The molecule has 1 aromatic rings. The van der Waals surface area contributed by atoms with E-state index in [1.807, 2.05) is 13.8 Å². The third-order valence-corrected chi connectivity index (χ3v) is 2.08. The van der Waals surface area contributed by atoms with Gasteiger partial charge in [-0.15, -0.1) is 0 Å². The molecule has 0 spiro atoms. The molecule has 0 radical (unpaired) electrons. The summed E-state index contributed by atoms with van der Waals surface area (Å²) in [5.41, 5.74) is 2.00. The summed E-state index contributed by atoms with van der Waals surface area (Å²) in [6, 6.07) is 0. The summed E-state index contributed by atoms with van der Waals surface area (Å²) < 4.78 is 0. The van der Waals surface area contributed by atoms with E-state index in [0.29, 0.717) is 13.1 Å². The molecule has 1 amide bonds. The molecule has 0 fully saturated rings. The van der Waals surface area contributed by atoms with E-state index in [-0.39, 0.29) is 5.91 Å². The highest BCUT2D eigenvalue weighted by atomic mass is 16.1. The fourth-order valence-electron chi connectivity index (χ4n) is 1.19. The fourth-order valence-corrected chi connectivity index (χ4v) is 1.19. The predicted molar refractivity (Wildman–Crippen MR) is 58.3 cm³/mol. The minimum absolute atomic E-state index is 0.0324. The van der Waals surface area contributed by atoms with Gasteiger partial charge in [0.1, 0.15) is 0 Å². The monoisotopic (exact) mass is 210 g/mol. The minimum atomic E-state index is 0.0324. The van der Waals surface area contributed by atoms with Gasteiger partial charge < -0.3 is 15.6 Å². The van der Waals surface area contributed by atoms with Crippen molar-refractivity contribution in [3.63, 3.8) is 0 Å². The van der Waals surface area contributed by atoms with Gasteiger partial charge in [0, 0.05) is 18.8 Å². The molecule has 0 atom stereocenters. The molecule has 0 saturated heterocycles. The summed E-state index contributed by atoms with van der Waals surface area (Å²) in [6.07, 6.45) is 2.62. The Morgan fingerprint density at radius 1 is 1.60 bits per heavy atom. The molecular formula is C10H18N4O. The average Bonchev–Trinajstić information content (AvgIpc) is 2.61. The molecule has 15 heavy (non-hydrogen) atoms. The molecule has 5 heteroatoms. The molecular weight excluding hydrogens is 192 g/mol. The van der Waals surface area contributed by atoms with Crippen LogP contribution in [0.3, 0.4) is 0 Å². The molecule has 1 rings (SSSR count). The highest BCUT2D eigenvalue weighted by Crippen LogP contribution is 1.98. The van der Waals surface area contributed by atoms with E-state index in [0.717, 1.165) is 24.4 Å². The third-order valence-electron chi connectivity index (χ3n) is 2.08. The molecule has 0 saturated carbocycles. The molecule has 0 aliphatic heterocycles. The van der Waals surface area contributed by atoms with Crippen LogP contribution in [0.25, 0.3) is 0 Å². The lowest BCUT2D eigenvalue weighted by atomic mass is 10.3. The second kappa shape index (κ2) is 6.19. The van der Waals surface area contributed by atoms with Crippen molar-refractivity contribution in [1.82, 2.24) is 20.6 Å². The molecule has 0 aliphatic rings. The first-order valence-corrected chi connectivity index (χ1v) is 5.20. The Balaban J connectivity index is 2.16. The van der Waals surface area contributed by atoms with Crippen molar-refractivity contribution in [2.24, 2.45) is 0 Å². The van der Waals surface area contributed by atoms with Crippen molar-refractivity contribution in [3.8, 4) is 0 Å². The molecule has 0 unspecified atom stereocenters. The lowest BCUT2D eigenvalue weighted by Gasteiger charge is -2.04. The van der Waals surface area contributed by atoms with E-state index < -0.39 is 0 Å². The summed E-state index contributed by atoms with van der Waals surface area (Å²) in [6.45, 7) is 5.69. The van der Waals surface area contributed by atoms with Gasteiger partial charge in [0.2, 0.25) is 5.91 Å². The Kier molecular flexibility index (Phi) is 4.83. The second-order valence-corrected chi connectivity index (χ2v) is 3.43. The van der Waals surface area contributed by atoms with Crippen molar-refractivity contribution in [2.45, 2.75) is 26.8 Å². The van der Waals surface area contributed by atoms with Crippen molar-refractivity contribution in [3.05, 3.63) is 17.7 Å². The van der Waals surface area contributed by atoms with E-state index in [1.54, 1.807) is 6.33 Å². The van der Waals surface area contributed by atoms with Gasteiger partial charge in [-0.3, -0.25) is 4.79 Å². The molecule has 0 aliphatic carbocycles. The van der Waals surface area contributed by atoms with Crippen LogP contribution in [-0.2, 0) is 11.3 Å². The molecule has 0 aromatic carbocycles. The largest absolute Gasteiger partial charge is 0.355 e. The van der Waals surface area contributed by atoms with Gasteiger partial charge in [-0.1, -0.05) is 6.92 Å². The van der Waals surface area contributed by atoms with Crippen molar-refractivity contribution < 1.29 is 4.79 Å². The van der Waals surface area contributed by atoms with Crippen LogP contribution >= 0.6 is 0 Å². The zero-order valence-corrected chi connectivity index (χ0v) is 9.26. The van der Waals surface area contributed by atoms with Crippen molar-refractivity contribution >= 4 is 5.91 Å². The van der Waals surface area contributed by atoms with Crippen molar-refractivity contribution in [1.29, 1.82) is 0 Å². The maximum absolute atomic E-state index is 11.2. The number of aromatic nitrogens is 2. The molecule has 0 bridgehead atoms. The van der Waals surface area contributed by atoms with Gasteiger partial charge in [0.25, 0.3) is 0 Å². The number of aryl methyl sites for hydroxylation is 1. The van der Waals surface area contributed by atoms with Gasteiger partial charge in [-0.05, 0) is 13.3 Å². The minimum Gasteiger partial charge on any atom is -0.355 e. The van der Waals surface area contributed by atoms with Crippen LogP contribution in [-0.4, -0.2) is 29.0 Å². The lowest BCUT2D eigenvalue weighted by Crippen LogP contribution is -2.34. The smallest absolute Gasteiger partial charge is 0.233 e. The SMILES string of the molecule is CCCNC(=O)CNCc1nc[nH]c1C. The summed E-state index contributed by atoms with van der Waals surface area (Å²) in [4.78, 5) is 18.3. The fraction of sp³-hybridized carbons (Fsp3) is 0.600. The number of amides is 1. The van der Waals surface area contributed by atoms with E-state index in [1.165, 1.54) is 0 Å². The Morgan fingerprint density at radius 3 is 3.00 bits per heavy atom. The van der Waals surface area contributed by atoms with E-state index in [9.17, 15) is 4.79 Å². The Bertz CT molecular complexity index is 308. The quantitative estimate of drug-likeness (QED) is 0.634. The summed E-state index contributed by atoms with van der Waals surface area (Å²) >= 11 is 0. The first-order valence-electron chi connectivity index (χ1n) is 5.20. The number of rotatable bonds is 6. The number of nitrogens with zero attached hydrogens (tertiary/aromatic N) is 1. The zero-order valence-electron chi connectivity index (χ0n) is 9.26. The highest BCUT2D eigenvalue weighted by Gasteiger charge is 2.02. The van der Waals surface area contributed by atoms with Gasteiger partial charge in [0.05, 0.1) is 18.6 Å². The average molecular weight is 210 g/mol. The van der Waals surface area contributed by atoms with Crippen LogP contribution in [0.5, 0.6) is 0 Å². The van der Waals surface area contributed by atoms with Crippen LogP contribution in [0.1, 0.15) is 24.7 Å². The number of carbonyl (C=O) groups excluding carboxylic acids is 1. The maximum atomic E-state index is 11.2. The molecule has 1 heterocycles. The summed E-state index contributed by atoms with van der Waals surface area (Å²) in [5, 5.41) is 5.84. The first kappa shape index (κ1) is 11.7. The number of hydrogen-bond acceptors (Lipinski definition) is 3. The lowest BCUT2D eigenvalue weighted by molar-refractivity contribution is -0.120. The molecule has 3 N–H and O–H groups in total. The van der Waals surface area contributed by atoms with Gasteiger partial charge in [-0.25, -0.2) is 4.98 Å². The number of aromatic amines is 1. The van der Waals surface area contributed by atoms with E-state index >= 15 is 0 Å². The Morgan fingerprint density at radius 2 is 2.40 bits per heavy atom. The molecule has 84 valence electrons. The number of imidazole rings is 1. The zero-order chi connectivity index (χ0) is 11.1. The number of hydrogen-bond donors (Lipinski definition) is 3. The van der Waals surface area contributed by atoms with Crippen LogP contribution in [0, 0.1) is 6.92 Å². The molecule has 1 aromatic heterocycles. The Labute approximate surface area is 89.7 Å². The summed E-state index contributed by atoms with van der Waals surface area (Å²) in [5.74, 6) is 0.0324. The van der Waals surface area contributed by atoms with Crippen LogP contribution in [0.15, 0.2) is 6.33 Å². The number of carbonyl (C=O) groups is 1. The second-order valence-electron chi connectivity index (χ2n) is 3.43. The normalized spacial score (nSPS) is 10.3.